The number of hydrogen-bond acceptors (Lipinski definition) is 4. The van der Waals surface area contributed by atoms with Crippen LogP contribution in [0.2, 0.25) is 0 Å². The van der Waals surface area contributed by atoms with E-state index >= 15 is 0 Å². The largest absolute Gasteiger partial charge is 0.481 e. The number of aliphatic carboxylic acids is 1. The van der Waals surface area contributed by atoms with Crippen LogP contribution in [0.1, 0.15) is 40.0 Å². The Kier molecular flexibility index (Phi) is 4.56. The van der Waals surface area contributed by atoms with Crippen LogP contribution in [0, 0.1) is 5.92 Å². The Morgan fingerprint density at radius 1 is 1.28 bits per heavy atom. The number of aliphatic hydroxyl groups excluding tert-OH is 1. The summed E-state index contributed by atoms with van der Waals surface area (Å²) in [6.07, 6.45) is 0.0499. The van der Waals surface area contributed by atoms with Crippen LogP contribution in [0.15, 0.2) is 0 Å². The number of aliphatic hydroxyl groups is 1. The molecule has 0 aliphatic heterocycles. The molecule has 3 N–H and O–H groups in total. The van der Waals surface area contributed by atoms with Crippen molar-refractivity contribution in [2.45, 2.75) is 57.8 Å². The molecule has 0 radical (unpaired) electrons. The lowest BCUT2D eigenvalue weighted by molar-refractivity contribution is -0.145. The van der Waals surface area contributed by atoms with Crippen molar-refractivity contribution in [1.29, 1.82) is 0 Å². The van der Waals surface area contributed by atoms with Crippen molar-refractivity contribution in [2.24, 2.45) is 5.92 Å². The highest BCUT2D eigenvalue weighted by atomic mass is 16.6. The molecule has 0 aromatic heterocycles. The fraction of sp³-hybridized carbons (Fsp3) is 0.833. The Balaban J connectivity index is 2.66. The maximum Gasteiger partial charge on any atom is 0.407 e. The average molecular weight is 259 g/mol. The van der Waals surface area contributed by atoms with E-state index in [0.29, 0.717) is 19.3 Å². The van der Waals surface area contributed by atoms with E-state index in [1.54, 1.807) is 20.8 Å². The molecular formula is C12H21NO5. The van der Waals surface area contributed by atoms with E-state index < -0.39 is 35.7 Å². The predicted octanol–water partition coefficient (Wildman–Crippen LogP) is 1.13. The molecule has 1 rings (SSSR count). The van der Waals surface area contributed by atoms with Crippen LogP contribution in [-0.4, -0.2) is 40.0 Å². The van der Waals surface area contributed by atoms with E-state index in [1.165, 1.54) is 0 Å². The number of carbonyl (C=O) groups is 2. The molecule has 0 unspecified atom stereocenters. The first-order valence-electron chi connectivity index (χ1n) is 6.11. The quantitative estimate of drug-likeness (QED) is 0.690. The number of alkyl carbamates (subject to hydrolysis) is 1. The minimum Gasteiger partial charge on any atom is -0.481 e. The molecule has 0 spiro atoms. The molecule has 1 aliphatic rings. The SMILES string of the molecule is CC(C)(C)OC(=O)N[C@H]1[C@@H](O)CCC[C@H]1C(=O)O. The normalized spacial score (nSPS) is 28.6. The molecule has 0 bridgehead atoms. The topological polar surface area (TPSA) is 95.9 Å². The number of amides is 1. The zero-order chi connectivity index (χ0) is 13.9. The van der Waals surface area contributed by atoms with Gasteiger partial charge in [-0.3, -0.25) is 4.79 Å². The second kappa shape index (κ2) is 5.56. The minimum atomic E-state index is -1.00. The van der Waals surface area contributed by atoms with Gasteiger partial charge in [0.2, 0.25) is 0 Å². The second-order valence-corrected chi connectivity index (χ2v) is 5.61. The van der Waals surface area contributed by atoms with Gasteiger partial charge in [0.15, 0.2) is 0 Å². The highest BCUT2D eigenvalue weighted by Crippen LogP contribution is 2.25. The molecule has 1 fully saturated rings. The van der Waals surface area contributed by atoms with Gasteiger partial charge in [-0.2, -0.15) is 0 Å². The first-order chi connectivity index (χ1) is 8.20. The Morgan fingerprint density at radius 2 is 1.89 bits per heavy atom. The summed E-state index contributed by atoms with van der Waals surface area (Å²) in [5.74, 6) is -1.77. The zero-order valence-corrected chi connectivity index (χ0v) is 11.0. The summed E-state index contributed by atoms with van der Waals surface area (Å²) in [6, 6.07) is -0.786. The maximum absolute atomic E-state index is 11.6. The predicted molar refractivity (Wildman–Crippen MR) is 64.1 cm³/mol. The van der Waals surface area contributed by atoms with Gasteiger partial charge in [-0.05, 0) is 40.0 Å². The second-order valence-electron chi connectivity index (χ2n) is 5.61. The Hall–Kier alpha value is -1.30. The number of hydrogen-bond donors (Lipinski definition) is 3. The van der Waals surface area contributed by atoms with Crippen molar-refractivity contribution in [3.63, 3.8) is 0 Å². The maximum atomic E-state index is 11.6. The Labute approximate surface area is 106 Å². The molecule has 1 saturated carbocycles. The van der Waals surface area contributed by atoms with E-state index in [4.69, 9.17) is 9.84 Å². The van der Waals surface area contributed by atoms with E-state index in [1.807, 2.05) is 0 Å². The molecule has 6 nitrogen and oxygen atoms in total. The van der Waals surface area contributed by atoms with Gasteiger partial charge in [0, 0.05) is 0 Å². The van der Waals surface area contributed by atoms with Crippen molar-refractivity contribution in [1.82, 2.24) is 5.32 Å². The minimum absolute atomic E-state index is 0.451. The van der Waals surface area contributed by atoms with Gasteiger partial charge in [0.25, 0.3) is 0 Å². The molecule has 6 heteroatoms. The lowest BCUT2D eigenvalue weighted by atomic mass is 9.82. The van der Waals surface area contributed by atoms with Crippen molar-refractivity contribution in [2.75, 3.05) is 0 Å². The van der Waals surface area contributed by atoms with E-state index in [-0.39, 0.29) is 0 Å². The van der Waals surface area contributed by atoms with Gasteiger partial charge in [0.1, 0.15) is 5.60 Å². The summed E-state index contributed by atoms with van der Waals surface area (Å²) >= 11 is 0. The summed E-state index contributed by atoms with van der Waals surface area (Å²) in [5, 5.41) is 21.3. The van der Waals surface area contributed by atoms with E-state index in [0.717, 1.165) is 0 Å². The fourth-order valence-corrected chi connectivity index (χ4v) is 2.09. The van der Waals surface area contributed by atoms with E-state index in [9.17, 15) is 14.7 Å². The molecule has 0 saturated heterocycles. The summed E-state index contributed by atoms with van der Waals surface area (Å²) in [6.45, 7) is 5.16. The Bertz CT molecular complexity index is 323. The number of carbonyl (C=O) groups excluding carboxylic acids is 1. The molecule has 0 aromatic carbocycles. The first kappa shape index (κ1) is 14.8. The van der Waals surface area contributed by atoms with Crippen molar-refractivity contribution in [3.05, 3.63) is 0 Å². The molecule has 18 heavy (non-hydrogen) atoms. The van der Waals surface area contributed by atoms with Crippen LogP contribution in [0.4, 0.5) is 4.79 Å². The Morgan fingerprint density at radius 3 is 2.39 bits per heavy atom. The van der Waals surface area contributed by atoms with Crippen LogP contribution < -0.4 is 5.32 Å². The van der Waals surface area contributed by atoms with Gasteiger partial charge in [-0.1, -0.05) is 0 Å². The van der Waals surface area contributed by atoms with Gasteiger partial charge in [-0.25, -0.2) is 4.79 Å². The van der Waals surface area contributed by atoms with E-state index in [2.05, 4.69) is 5.32 Å². The molecule has 1 aliphatic carbocycles. The van der Waals surface area contributed by atoms with Crippen LogP contribution >= 0.6 is 0 Å². The molecule has 104 valence electrons. The number of carboxylic acids is 1. The summed E-state index contributed by atoms with van der Waals surface area (Å²) in [4.78, 5) is 22.7. The molecular weight excluding hydrogens is 238 g/mol. The zero-order valence-electron chi connectivity index (χ0n) is 11.0. The fourth-order valence-electron chi connectivity index (χ4n) is 2.09. The monoisotopic (exact) mass is 259 g/mol. The summed E-state index contributed by atoms with van der Waals surface area (Å²) in [7, 11) is 0. The van der Waals surface area contributed by atoms with Gasteiger partial charge >= 0.3 is 12.1 Å². The highest BCUT2D eigenvalue weighted by molar-refractivity contribution is 5.74. The third kappa shape index (κ3) is 4.18. The lowest BCUT2D eigenvalue weighted by Crippen LogP contribution is -2.53. The molecule has 0 aromatic rings. The standard InChI is InChI=1S/C12H21NO5/c1-12(2,3)18-11(17)13-9-7(10(15)16)5-4-6-8(9)14/h7-9,14H,4-6H2,1-3H3,(H,13,17)(H,15,16)/t7-,8+,9-/m1/s1. The lowest BCUT2D eigenvalue weighted by Gasteiger charge is -2.34. The third-order valence-corrected chi connectivity index (χ3v) is 2.86. The van der Waals surface area contributed by atoms with Crippen LogP contribution in [0.5, 0.6) is 0 Å². The highest BCUT2D eigenvalue weighted by Gasteiger charge is 2.38. The smallest absolute Gasteiger partial charge is 0.407 e. The number of rotatable bonds is 2. The number of carboxylic acid groups (broad SMARTS) is 1. The van der Waals surface area contributed by atoms with Crippen molar-refractivity contribution >= 4 is 12.1 Å². The third-order valence-electron chi connectivity index (χ3n) is 2.86. The van der Waals surface area contributed by atoms with Crippen LogP contribution in [0.25, 0.3) is 0 Å². The van der Waals surface area contributed by atoms with Crippen LogP contribution in [-0.2, 0) is 9.53 Å². The van der Waals surface area contributed by atoms with Gasteiger partial charge < -0.3 is 20.3 Å². The summed E-state index contributed by atoms with van der Waals surface area (Å²) in [5.41, 5.74) is -0.650. The van der Waals surface area contributed by atoms with Gasteiger partial charge in [0.05, 0.1) is 18.1 Å². The number of ether oxygens (including phenoxy) is 1. The molecule has 1 amide bonds. The van der Waals surface area contributed by atoms with Gasteiger partial charge in [-0.15, -0.1) is 0 Å². The van der Waals surface area contributed by atoms with Crippen LogP contribution in [0.3, 0.4) is 0 Å². The average Bonchev–Trinajstić information content (AvgIpc) is 2.17. The van der Waals surface area contributed by atoms with Crippen molar-refractivity contribution in [3.8, 4) is 0 Å². The first-order valence-corrected chi connectivity index (χ1v) is 6.11. The molecule has 3 atom stereocenters. The van der Waals surface area contributed by atoms with Crippen molar-refractivity contribution < 1.29 is 24.5 Å². The molecule has 0 heterocycles. The number of nitrogens with one attached hydrogen (secondary N) is 1. The summed E-state index contributed by atoms with van der Waals surface area (Å²) < 4.78 is 5.06.